The second kappa shape index (κ2) is 41.6. The summed E-state index contributed by atoms with van der Waals surface area (Å²) in [6.45, 7) is 23.5. The van der Waals surface area contributed by atoms with Gasteiger partial charge in [0.25, 0.3) is 0 Å². The van der Waals surface area contributed by atoms with Crippen LogP contribution < -0.4 is 27.0 Å². The predicted molar refractivity (Wildman–Crippen MR) is 389 cm³/mol. The van der Waals surface area contributed by atoms with Crippen molar-refractivity contribution in [1.29, 1.82) is 0 Å². The fourth-order valence-electron chi connectivity index (χ4n) is 13.4. The Morgan fingerprint density at radius 2 is 1.06 bits per heavy atom. The minimum atomic E-state index is -1.72. The number of carbonyl (C=O) groups excluding carboxylic acids is 11. The zero-order valence-corrected chi connectivity index (χ0v) is 64.9. The van der Waals surface area contributed by atoms with Gasteiger partial charge < -0.3 is 65.8 Å². The number of amides is 11. The highest BCUT2D eigenvalue weighted by molar-refractivity contribution is 5.99. The third-order valence-electron chi connectivity index (χ3n) is 19.6. The number of hydrogen-bond acceptors (Lipinski definition) is 17. The number of aryl methyl sites for hydroxylation is 1. The zero-order chi connectivity index (χ0) is 77.4. The standard InChI is InChI=1S/C74H124N14O15/c1-20-22-33-88-43-62(91)82(15)55(37-45(5)6)65(93)77-53(70(98)87-34-27-24-28-35-87)42-61(90)81(14)54(21-2)64(92)76-52(36-44(3)4)69(97)86(19)59(40-48(11)12)72(100)84(17)57(41-50-29-25-23-26-30-50)66(94)75-51(31-32-60-78-74(102)103-80-60)68(96)85(18)58(39-47(9)10)71(99)83(16)56(38-46(7)8)67(95)79-63(49(13)89)73(88)101/h23,25-26,29-30,44-49,51-59,63,68,89,96H,20-22,24,27-28,31-43H2,1-19H3,(H,75,94)(H,76,92)(H,77,93)(H,79,95)(H,78,80,102)/t49-,51?,52+,53+,54+,55+,56+,57+,58+,59+,63+,68?/m1/s1. The number of hydrogen-bond donors (Lipinski definition) is 7. The topological polar surface area (TPSA) is 361 Å². The largest absolute Gasteiger partial charge is 0.438 e. The fraction of sp³-hybridized carbons (Fsp3) is 0.743. The first-order valence-corrected chi connectivity index (χ1v) is 37.1. The summed E-state index contributed by atoms with van der Waals surface area (Å²) in [4.78, 5) is 191. The Kier molecular flexibility index (Phi) is 35.4. The number of nitrogens with one attached hydrogen (secondary N) is 5. The van der Waals surface area contributed by atoms with Crippen LogP contribution in [0, 0.1) is 29.6 Å². The molecule has 2 aliphatic heterocycles. The molecular formula is C74H124N14O15. The van der Waals surface area contributed by atoms with Gasteiger partial charge in [-0.05, 0) is 120 Å². The van der Waals surface area contributed by atoms with E-state index in [2.05, 4.69) is 31.4 Å². The number of aromatic nitrogens is 2. The molecule has 7 N–H and O–H groups in total. The van der Waals surface area contributed by atoms with Gasteiger partial charge in [0.2, 0.25) is 65.0 Å². The smallest absolute Gasteiger partial charge is 0.391 e. The molecule has 2 unspecified atom stereocenters. The molecule has 0 bridgehead atoms. The summed E-state index contributed by atoms with van der Waals surface area (Å²) in [5, 5.41) is 39.6. The Balaban J connectivity index is 2.02. The van der Waals surface area contributed by atoms with E-state index in [1.165, 1.54) is 83.5 Å². The summed E-state index contributed by atoms with van der Waals surface area (Å²) in [7, 11) is 8.60. The van der Waals surface area contributed by atoms with Gasteiger partial charge in [-0.15, -0.1) is 0 Å². The summed E-state index contributed by atoms with van der Waals surface area (Å²) in [5.41, 5.74) is 0.639. The second-order valence-corrected chi connectivity index (χ2v) is 30.5. The van der Waals surface area contributed by atoms with E-state index in [-0.39, 0.29) is 99.7 Å². The normalized spacial score (nSPS) is 25.7. The van der Waals surface area contributed by atoms with E-state index in [0.29, 0.717) is 44.3 Å². The van der Waals surface area contributed by atoms with Crippen molar-refractivity contribution in [2.45, 2.75) is 259 Å². The monoisotopic (exact) mass is 1450 g/mol. The van der Waals surface area contributed by atoms with E-state index in [1.54, 1.807) is 42.2 Å². The van der Waals surface area contributed by atoms with Crippen LogP contribution in [0.3, 0.4) is 0 Å². The second-order valence-electron chi connectivity index (χ2n) is 30.5. The number of likely N-dealkylation sites (N-methyl/N-ethyl adjacent to an activating group) is 6. The summed E-state index contributed by atoms with van der Waals surface area (Å²) in [6.07, 6.45) is -0.557. The van der Waals surface area contributed by atoms with Gasteiger partial charge in [-0.2, -0.15) is 0 Å². The molecule has 2 aliphatic rings. The summed E-state index contributed by atoms with van der Waals surface area (Å²) >= 11 is 0. The first kappa shape index (κ1) is 87.6. The first-order chi connectivity index (χ1) is 48.3. The maximum atomic E-state index is 15.6. The van der Waals surface area contributed by atoms with E-state index >= 15 is 28.8 Å². The van der Waals surface area contributed by atoms with Crippen molar-refractivity contribution < 1.29 is 67.5 Å². The molecule has 103 heavy (non-hydrogen) atoms. The number of benzene rings is 1. The SMILES string of the molecule is CCCCN1CC(=O)N(C)[C@@H](CC(C)C)C(=O)N[C@H](C(=O)N2CCCCC2)CC(=O)N(C)[C@@H](CC)C(=O)N[C@@H](CC(C)C)C(=O)N(C)[C@@H](CC(C)C)C(=O)N(C)[C@@H](Cc2ccccc2)C(=O)NC(CCc2noc(=O)[nH]2)C(O)N(C)[C@@H](CC(C)C)C(=O)N(C)[C@@H](CC(C)C)C(=O)N[C@@H]([C@@H](C)O)C1=O. The molecule has 4 rings (SSSR count). The number of carbonyl (C=O) groups is 11. The molecule has 2 aromatic rings. The lowest BCUT2D eigenvalue weighted by Gasteiger charge is -2.40. The highest BCUT2D eigenvalue weighted by atomic mass is 16.5. The molecule has 0 spiro atoms. The van der Waals surface area contributed by atoms with Crippen LogP contribution in [-0.2, 0) is 65.6 Å². The van der Waals surface area contributed by atoms with Gasteiger partial charge in [0, 0.05) is 67.7 Å². The number of H-pyrrole nitrogens is 1. The van der Waals surface area contributed by atoms with Gasteiger partial charge in [0.1, 0.15) is 54.6 Å². The first-order valence-electron chi connectivity index (χ1n) is 37.1. The fourth-order valence-corrected chi connectivity index (χ4v) is 13.4. The van der Waals surface area contributed by atoms with E-state index in [4.69, 9.17) is 4.52 Å². The molecular weight excluding hydrogens is 1320 g/mol. The van der Waals surface area contributed by atoms with Crippen LogP contribution in [0.25, 0.3) is 0 Å². The van der Waals surface area contributed by atoms with Crippen LogP contribution in [-0.4, -0.2) is 266 Å². The van der Waals surface area contributed by atoms with E-state index in [0.717, 1.165) is 6.42 Å². The third-order valence-corrected chi connectivity index (χ3v) is 19.6. The minimum absolute atomic E-state index is 0.0157. The Labute approximate surface area is 610 Å². The lowest BCUT2D eigenvalue weighted by atomic mass is 9.96. The lowest BCUT2D eigenvalue weighted by molar-refractivity contribution is -0.151. The van der Waals surface area contributed by atoms with Gasteiger partial charge in [0.15, 0.2) is 5.82 Å². The van der Waals surface area contributed by atoms with Gasteiger partial charge in [-0.1, -0.05) is 125 Å². The Bertz CT molecular complexity index is 3170. The van der Waals surface area contributed by atoms with E-state index < -0.39 is 156 Å². The lowest BCUT2D eigenvalue weighted by Crippen LogP contribution is -2.63. The van der Waals surface area contributed by atoms with E-state index in [9.17, 15) is 39.0 Å². The molecule has 2 fully saturated rings. The molecule has 0 aliphatic carbocycles. The van der Waals surface area contributed by atoms with Crippen LogP contribution >= 0.6 is 0 Å². The van der Waals surface area contributed by atoms with Crippen molar-refractivity contribution in [3.8, 4) is 0 Å². The van der Waals surface area contributed by atoms with Gasteiger partial charge in [-0.3, -0.25) is 67.1 Å². The number of unbranched alkanes of at least 4 members (excludes halogenated alkanes) is 1. The number of aliphatic hydroxyl groups excluding tert-OH is 2. The minimum Gasteiger partial charge on any atom is -0.391 e. The Morgan fingerprint density at radius 3 is 1.59 bits per heavy atom. The molecule has 0 radical (unpaired) electrons. The number of likely N-dealkylation sites (tertiary alicyclic amines) is 1. The number of piperidine rings is 1. The van der Waals surface area contributed by atoms with E-state index in [1.807, 2.05) is 76.2 Å². The van der Waals surface area contributed by atoms with Crippen LogP contribution in [0.1, 0.15) is 185 Å². The van der Waals surface area contributed by atoms with Crippen molar-refractivity contribution in [3.05, 3.63) is 52.3 Å². The zero-order valence-electron chi connectivity index (χ0n) is 64.9. The van der Waals surface area contributed by atoms with Crippen molar-refractivity contribution in [2.24, 2.45) is 29.6 Å². The van der Waals surface area contributed by atoms with Crippen molar-refractivity contribution >= 4 is 65.0 Å². The average molecular weight is 1450 g/mol. The molecule has 11 amide bonds. The number of aromatic amines is 1. The average Bonchev–Trinajstić information content (AvgIpc) is 1.04. The maximum absolute atomic E-state index is 15.6. The molecule has 0 saturated carbocycles. The highest BCUT2D eigenvalue weighted by Gasteiger charge is 2.44. The molecule has 29 heteroatoms. The summed E-state index contributed by atoms with van der Waals surface area (Å²) in [6, 6.07) is -4.37. The third kappa shape index (κ3) is 25.8. The molecule has 2 saturated heterocycles. The molecule has 12 atom stereocenters. The molecule has 29 nitrogen and oxygen atoms in total. The Morgan fingerprint density at radius 1 is 0.563 bits per heavy atom. The predicted octanol–water partition coefficient (Wildman–Crippen LogP) is 3.30. The number of rotatable bonds is 21. The van der Waals surface area contributed by atoms with Crippen LogP contribution in [0.15, 0.2) is 39.6 Å². The Hall–Kier alpha value is -7.79. The van der Waals surface area contributed by atoms with Crippen molar-refractivity contribution in [3.63, 3.8) is 0 Å². The van der Waals surface area contributed by atoms with Crippen LogP contribution in [0.2, 0.25) is 0 Å². The van der Waals surface area contributed by atoms with Crippen LogP contribution in [0.4, 0.5) is 0 Å². The summed E-state index contributed by atoms with van der Waals surface area (Å²) < 4.78 is 4.80. The molecule has 1 aromatic heterocycles. The molecule has 580 valence electrons. The van der Waals surface area contributed by atoms with Gasteiger partial charge >= 0.3 is 5.76 Å². The highest BCUT2D eigenvalue weighted by Crippen LogP contribution is 2.25. The maximum Gasteiger partial charge on any atom is 0.438 e. The quantitative estimate of drug-likeness (QED) is 0.0943. The molecule has 3 heterocycles. The molecule has 1 aromatic carbocycles. The van der Waals surface area contributed by atoms with Crippen LogP contribution in [0.5, 0.6) is 0 Å². The number of nitrogens with zero attached hydrogens (tertiary/aromatic N) is 9. The van der Waals surface area contributed by atoms with Gasteiger partial charge in [0.05, 0.1) is 31.2 Å². The van der Waals surface area contributed by atoms with Crippen molar-refractivity contribution in [1.82, 2.24) is 70.6 Å². The number of aliphatic hydroxyl groups is 2. The van der Waals surface area contributed by atoms with Gasteiger partial charge in [-0.25, -0.2) is 4.79 Å². The summed E-state index contributed by atoms with van der Waals surface area (Å²) in [5.74, 6) is -9.61. The van der Waals surface area contributed by atoms with Crippen molar-refractivity contribution in [2.75, 3.05) is 68.5 Å².